The number of carbonyl (C=O) groups is 1. The molecule has 0 aromatic heterocycles. The number of thioether (sulfide) groups is 1. The number of hydrogen-bond acceptors (Lipinski definition) is 6. The molecule has 136 valence electrons. The van der Waals surface area contributed by atoms with Crippen molar-refractivity contribution in [3.63, 3.8) is 0 Å². The van der Waals surface area contributed by atoms with Crippen LogP contribution in [0.1, 0.15) is 16.5 Å². The second-order valence-electron chi connectivity index (χ2n) is 5.86. The Hall–Kier alpha value is -2.74. The third kappa shape index (κ3) is 3.75. The van der Waals surface area contributed by atoms with Crippen molar-refractivity contribution in [2.24, 2.45) is 0 Å². The Bertz CT molecular complexity index is 825. The molecule has 1 unspecified atom stereocenters. The van der Waals surface area contributed by atoms with Crippen LogP contribution in [0.4, 0.5) is 5.69 Å². The van der Waals surface area contributed by atoms with Gasteiger partial charge in [0.25, 0.3) is 5.69 Å². The van der Waals surface area contributed by atoms with Gasteiger partial charge in [0.1, 0.15) is 5.37 Å². The predicted molar refractivity (Wildman–Crippen MR) is 98.4 cm³/mol. The molecule has 26 heavy (non-hydrogen) atoms. The number of nitro groups is 1. The number of methoxy groups -OCH3 is 1. The summed E-state index contributed by atoms with van der Waals surface area (Å²) in [5.41, 5.74) is 1.87. The molecular weight excluding hydrogens is 356 g/mol. The third-order valence-corrected chi connectivity index (χ3v) is 5.50. The smallest absolute Gasteiger partial charge is 0.269 e. The van der Waals surface area contributed by atoms with Gasteiger partial charge >= 0.3 is 0 Å². The van der Waals surface area contributed by atoms with Crippen LogP contribution in [-0.2, 0) is 11.2 Å². The van der Waals surface area contributed by atoms with Crippen LogP contribution < -0.4 is 4.74 Å². The average molecular weight is 374 g/mol. The highest BCUT2D eigenvalue weighted by Gasteiger charge is 2.32. The Labute approximate surface area is 154 Å². The molecule has 0 spiro atoms. The van der Waals surface area contributed by atoms with Crippen LogP contribution in [0.3, 0.4) is 0 Å². The topological polar surface area (TPSA) is 92.9 Å². The molecule has 7 nitrogen and oxygen atoms in total. The normalized spacial score (nSPS) is 16.7. The first kappa shape index (κ1) is 18.1. The maximum Gasteiger partial charge on any atom is 0.269 e. The summed E-state index contributed by atoms with van der Waals surface area (Å²) in [7, 11) is 1.48. The van der Waals surface area contributed by atoms with Crippen LogP contribution in [0, 0.1) is 10.1 Å². The van der Waals surface area contributed by atoms with Gasteiger partial charge in [0.05, 0.1) is 17.8 Å². The third-order valence-electron chi connectivity index (χ3n) is 4.25. The summed E-state index contributed by atoms with van der Waals surface area (Å²) in [4.78, 5) is 24.4. The lowest BCUT2D eigenvalue weighted by atomic mass is 10.1. The molecule has 1 fully saturated rings. The van der Waals surface area contributed by atoms with E-state index in [2.05, 4.69) is 0 Å². The molecule has 1 atom stereocenters. The van der Waals surface area contributed by atoms with Gasteiger partial charge in [-0.3, -0.25) is 14.9 Å². The number of carbonyl (C=O) groups excluding carboxylic acids is 1. The van der Waals surface area contributed by atoms with Gasteiger partial charge in [0.2, 0.25) is 5.91 Å². The number of non-ortho nitro benzene ring substituents is 1. The van der Waals surface area contributed by atoms with Gasteiger partial charge in [0.15, 0.2) is 11.5 Å². The zero-order chi connectivity index (χ0) is 18.7. The molecule has 2 aromatic rings. The highest BCUT2D eigenvalue weighted by molar-refractivity contribution is 8.00. The number of benzene rings is 2. The summed E-state index contributed by atoms with van der Waals surface area (Å²) in [5, 5.41) is 20.3. The molecule has 0 saturated carbocycles. The summed E-state index contributed by atoms with van der Waals surface area (Å²) in [5.74, 6) is 0.878. The molecule has 1 aliphatic heterocycles. The number of aromatic hydroxyl groups is 1. The minimum Gasteiger partial charge on any atom is -0.504 e. The fourth-order valence-electron chi connectivity index (χ4n) is 2.85. The largest absolute Gasteiger partial charge is 0.504 e. The molecule has 1 amide bonds. The Morgan fingerprint density at radius 1 is 1.31 bits per heavy atom. The van der Waals surface area contributed by atoms with Crippen molar-refractivity contribution in [2.45, 2.75) is 11.8 Å². The highest BCUT2D eigenvalue weighted by Crippen LogP contribution is 2.41. The van der Waals surface area contributed by atoms with Crippen molar-refractivity contribution in [1.82, 2.24) is 4.90 Å². The lowest BCUT2D eigenvalue weighted by molar-refractivity contribution is -0.384. The number of hydrogen-bond donors (Lipinski definition) is 1. The standard InChI is InChI=1S/C18H18N2O5S/c1-25-16-10-13(4-7-15(16)21)18-19(17(22)11-26-18)9-8-12-2-5-14(6-3-12)20(23)24/h2-7,10,18,21H,8-9,11H2,1H3. The lowest BCUT2D eigenvalue weighted by Gasteiger charge is -2.24. The fourth-order valence-corrected chi connectivity index (χ4v) is 4.06. The zero-order valence-electron chi connectivity index (χ0n) is 14.1. The highest BCUT2D eigenvalue weighted by atomic mass is 32.2. The first-order valence-electron chi connectivity index (χ1n) is 8.01. The summed E-state index contributed by atoms with van der Waals surface area (Å²) >= 11 is 1.53. The van der Waals surface area contributed by atoms with E-state index < -0.39 is 4.92 Å². The molecule has 0 radical (unpaired) electrons. The molecule has 2 aromatic carbocycles. The Morgan fingerprint density at radius 3 is 2.69 bits per heavy atom. The van der Waals surface area contributed by atoms with Crippen molar-refractivity contribution in [3.05, 3.63) is 63.7 Å². The van der Waals surface area contributed by atoms with Gasteiger partial charge in [-0.05, 0) is 29.7 Å². The molecule has 1 saturated heterocycles. The SMILES string of the molecule is COc1cc(C2SCC(=O)N2CCc2ccc([N+](=O)[O-])cc2)ccc1O. The van der Waals surface area contributed by atoms with E-state index in [0.29, 0.717) is 24.5 Å². The molecule has 1 heterocycles. The molecule has 0 bridgehead atoms. The maximum absolute atomic E-state index is 12.3. The molecule has 3 rings (SSSR count). The lowest BCUT2D eigenvalue weighted by Crippen LogP contribution is -2.30. The maximum atomic E-state index is 12.3. The summed E-state index contributed by atoms with van der Waals surface area (Å²) in [6.07, 6.45) is 0.607. The Kier molecular flexibility index (Phi) is 5.32. The zero-order valence-corrected chi connectivity index (χ0v) is 14.9. The Morgan fingerprint density at radius 2 is 2.04 bits per heavy atom. The van der Waals surface area contributed by atoms with Gasteiger partial charge in [-0.2, -0.15) is 0 Å². The van der Waals surface area contributed by atoms with E-state index in [4.69, 9.17) is 4.74 Å². The summed E-state index contributed by atoms with van der Waals surface area (Å²) in [6.45, 7) is 0.511. The Balaban J connectivity index is 1.73. The number of phenols is 1. The van der Waals surface area contributed by atoms with E-state index >= 15 is 0 Å². The van der Waals surface area contributed by atoms with E-state index in [9.17, 15) is 20.0 Å². The minimum absolute atomic E-state index is 0.0500. The van der Waals surface area contributed by atoms with Crippen LogP contribution in [0.5, 0.6) is 11.5 Å². The summed E-state index contributed by atoms with van der Waals surface area (Å²) < 4.78 is 5.15. The second kappa shape index (κ2) is 7.65. The van der Waals surface area contributed by atoms with Gasteiger partial charge in [-0.25, -0.2) is 0 Å². The number of nitrogens with zero attached hydrogens (tertiary/aromatic N) is 2. The van der Waals surface area contributed by atoms with E-state index in [0.717, 1.165) is 11.1 Å². The van der Waals surface area contributed by atoms with Crippen molar-refractivity contribution in [1.29, 1.82) is 0 Å². The monoisotopic (exact) mass is 374 g/mol. The number of amides is 1. The fraction of sp³-hybridized carbons (Fsp3) is 0.278. The summed E-state index contributed by atoms with van der Waals surface area (Å²) in [6, 6.07) is 11.5. The number of phenolic OH excluding ortho intramolecular Hbond substituents is 1. The molecule has 1 N–H and O–H groups in total. The van der Waals surface area contributed by atoms with E-state index in [1.807, 2.05) is 0 Å². The van der Waals surface area contributed by atoms with Crippen LogP contribution in [-0.4, -0.2) is 40.2 Å². The molecular formula is C18H18N2O5S. The predicted octanol–water partition coefficient (Wildman–Crippen LogP) is 3.13. The van der Waals surface area contributed by atoms with Crippen molar-refractivity contribution in [3.8, 4) is 11.5 Å². The number of ether oxygens (including phenoxy) is 1. The molecule has 0 aliphatic carbocycles. The average Bonchev–Trinajstić information content (AvgIpc) is 3.01. The molecule has 8 heteroatoms. The van der Waals surface area contributed by atoms with Gasteiger partial charge in [0, 0.05) is 18.7 Å². The minimum atomic E-state index is -0.432. The number of nitro benzene ring substituents is 1. The van der Waals surface area contributed by atoms with Gasteiger partial charge in [-0.1, -0.05) is 18.2 Å². The van der Waals surface area contributed by atoms with Gasteiger partial charge < -0.3 is 14.7 Å². The van der Waals surface area contributed by atoms with E-state index in [1.165, 1.54) is 31.0 Å². The first-order chi connectivity index (χ1) is 12.5. The van der Waals surface area contributed by atoms with E-state index in [-0.39, 0.29) is 22.7 Å². The van der Waals surface area contributed by atoms with Crippen molar-refractivity contribution in [2.75, 3.05) is 19.4 Å². The van der Waals surface area contributed by atoms with Crippen LogP contribution >= 0.6 is 11.8 Å². The molecule has 1 aliphatic rings. The number of rotatable bonds is 6. The quantitative estimate of drug-likeness (QED) is 0.617. The van der Waals surface area contributed by atoms with Crippen LogP contribution in [0.2, 0.25) is 0 Å². The van der Waals surface area contributed by atoms with Crippen molar-refractivity contribution >= 4 is 23.4 Å². The van der Waals surface area contributed by atoms with Crippen LogP contribution in [0.15, 0.2) is 42.5 Å². The van der Waals surface area contributed by atoms with Gasteiger partial charge in [-0.15, -0.1) is 11.8 Å². The van der Waals surface area contributed by atoms with Crippen LogP contribution in [0.25, 0.3) is 0 Å². The van der Waals surface area contributed by atoms with E-state index in [1.54, 1.807) is 35.2 Å². The second-order valence-corrected chi connectivity index (χ2v) is 6.92. The van der Waals surface area contributed by atoms with Crippen molar-refractivity contribution < 1.29 is 19.6 Å². The first-order valence-corrected chi connectivity index (χ1v) is 9.06.